The highest BCUT2D eigenvalue weighted by Gasteiger charge is 2.10. The van der Waals surface area contributed by atoms with Gasteiger partial charge in [0.25, 0.3) is 5.91 Å². The molecular weight excluding hydrogens is 520 g/mol. The summed E-state index contributed by atoms with van der Waals surface area (Å²) in [5, 5.41) is 7.86. The number of hydrogen-bond donors (Lipinski definition) is 4. The fourth-order valence-corrected chi connectivity index (χ4v) is 3.23. The maximum absolute atomic E-state index is 12.4. The summed E-state index contributed by atoms with van der Waals surface area (Å²) in [6.07, 6.45) is 5.61. The second kappa shape index (κ2) is 21.3. The Morgan fingerprint density at radius 2 is 1.68 bits per heavy atom. The highest BCUT2D eigenvalue weighted by molar-refractivity contribution is 6.05. The first-order valence-electron chi connectivity index (χ1n) is 13.3. The second-order valence-electron chi connectivity index (χ2n) is 8.55. The molecule has 0 aliphatic rings. The first kappa shape index (κ1) is 36.4. The van der Waals surface area contributed by atoms with Crippen LogP contribution in [0.4, 0.5) is 16.2 Å². The Bertz CT molecular complexity index is 1140. The third-order valence-corrected chi connectivity index (χ3v) is 5.25. The number of carbonyl (C=O) groups is 3. The molecule has 224 valence electrons. The predicted octanol–water partition coefficient (Wildman–Crippen LogP) is 4.60. The maximum Gasteiger partial charge on any atom is 0.406 e. The first-order chi connectivity index (χ1) is 19.7. The first-order valence-corrected chi connectivity index (χ1v) is 13.3. The summed E-state index contributed by atoms with van der Waals surface area (Å²) in [6.45, 7) is 11.5. The largest absolute Gasteiger partial charge is 0.448 e. The van der Waals surface area contributed by atoms with Crippen molar-refractivity contribution in [2.45, 2.75) is 27.3 Å². The topological polar surface area (TPSA) is 129 Å². The van der Waals surface area contributed by atoms with Gasteiger partial charge in [-0.2, -0.15) is 0 Å². The van der Waals surface area contributed by atoms with Gasteiger partial charge in [-0.3, -0.25) is 9.59 Å². The molecule has 0 aromatic heterocycles. The molecule has 2 aromatic rings. The van der Waals surface area contributed by atoms with E-state index in [0.717, 1.165) is 17.8 Å². The minimum Gasteiger partial charge on any atom is -0.448 e. The molecule has 0 spiro atoms. The molecule has 0 fully saturated rings. The van der Waals surface area contributed by atoms with Gasteiger partial charge in [-0.25, -0.2) is 4.79 Å². The molecule has 0 saturated carbocycles. The van der Waals surface area contributed by atoms with Crippen LogP contribution >= 0.6 is 0 Å². The molecule has 2 rings (SSSR count). The van der Waals surface area contributed by atoms with Crippen molar-refractivity contribution in [2.24, 2.45) is 0 Å². The second-order valence-corrected chi connectivity index (χ2v) is 8.55. The smallest absolute Gasteiger partial charge is 0.406 e. The lowest BCUT2D eigenvalue weighted by atomic mass is 10.1. The van der Waals surface area contributed by atoms with Crippen molar-refractivity contribution in [1.82, 2.24) is 20.4 Å². The molecule has 0 radical (unpaired) electrons. The molecule has 41 heavy (non-hydrogen) atoms. The van der Waals surface area contributed by atoms with E-state index in [4.69, 9.17) is 10.5 Å². The fourth-order valence-electron chi connectivity index (χ4n) is 3.23. The van der Waals surface area contributed by atoms with E-state index < -0.39 is 0 Å². The summed E-state index contributed by atoms with van der Waals surface area (Å²) in [7, 11) is 7.30. The SMILES string of the molecule is C=C/C(=C(\C=C/C)NC=O)N(C)Cc1ccc(C(=O)Nc2ccccc2N)cc1.CC.CNC(=O)OCCN(C)C. The van der Waals surface area contributed by atoms with Crippen molar-refractivity contribution >= 4 is 29.8 Å². The number of alkyl carbamates (subject to hydrolysis) is 1. The van der Waals surface area contributed by atoms with Gasteiger partial charge < -0.3 is 36.2 Å². The number of para-hydroxylation sites is 2. The molecule has 0 bridgehead atoms. The number of nitrogens with zero attached hydrogens (tertiary/aromatic N) is 2. The Morgan fingerprint density at radius 1 is 1.05 bits per heavy atom. The van der Waals surface area contributed by atoms with Gasteiger partial charge in [-0.1, -0.05) is 50.8 Å². The van der Waals surface area contributed by atoms with E-state index in [1.54, 1.807) is 30.3 Å². The van der Waals surface area contributed by atoms with Crippen LogP contribution in [0.5, 0.6) is 0 Å². The zero-order valence-corrected chi connectivity index (χ0v) is 25.4. The number of hydrogen-bond acceptors (Lipinski definition) is 7. The molecule has 3 amide bonds. The number of anilines is 2. The van der Waals surface area contributed by atoms with E-state index in [2.05, 4.69) is 22.5 Å². The molecule has 10 heteroatoms. The van der Waals surface area contributed by atoms with Crippen LogP contribution in [0.15, 0.2) is 84.7 Å². The molecule has 0 atom stereocenters. The van der Waals surface area contributed by atoms with E-state index in [1.807, 2.05) is 88.1 Å². The molecule has 0 aliphatic carbocycles. The average Bonchev–Trinajstić information content (AvgIpc) is 2.96. The Hall–Kier alpha value is -4.57. The number of amides is 3. The standard InChI is InChI=1S/C23H26N4O2.C6H14N2O2.C2H6/c1-4-8-21(25-16-28)22(5-2)27(3)15-17-11-13-18(14-12-17)23(29)26-20-10-7-6-9-19(20)24;1-7-6(9)10-5-4-8(2)3;1-2/h4-14,16H,2,15,24H2,1,3H3,(H,25,28)(H,26,29);4-5H2,1-3H3,(H,7,9);1-2H3/b8-4-,22-21-;;. The Kier molecular flexibility index (Phi) is 18.9. The van der Waals surface area contributed by atoms with Gasteiger partial charge in [-0.15, -0.1) is 0 Å². The normalized spacial score (nSPS) is 10.6. The van der Waals surface area contributed by atoms with Gasteiger partial charge in [0.05, 0.1) is 22.8 Å². The van der Waals surface area contributed by atoms with Gasteiger partial charge in [0.2, 0.25) is 6.41 Å². The third-order valence-electron chi connectivity index (χ3n) is 5.25. The van der Waals surface area contributed by atoms with Gasteiger partial charge in [0, 0.05) is 32.7 Å². The lowest BCUT2D eigenvalue weighted by molar-refractivity contribution is -0.108. The maximum atomic E-state index is 12.4. The molecule has 0 aliphatic heterocycles. The monoisotopic (exact) mass is 566 g/mol. The Labute approximate surface area is 244 Å². The minimum atomic E-state index is -0.373. The predicted molar refractivity (Wildman–Crippen MR) is 168 cm³/mol. The van der Waals surface area contributed by atoms with Crippen molar-refractivity contribution in [3.63, 3.8) is 0 Å². The van der Waals surface area contributed by atoms with Gasteiger partial charge in [0.1, 0.15) is 6.61 Å². The summed E-state index contributed by atoms with van der Waals surface area (Å²) >= 11 is 0. The van der Waals surface area contributed by atoms with E-state index >= 15 is 0 Å². The summed E-state index contributed by atoms with van der Waals surface area (Å²) in [5.74, 6) is -0.222. The van der Waals surface area contributed by atoms with Crippen molar-refractivity contribution in [2.75, 3.05) is 52.4 Å². The number of nitrogen functional groups attached to an aromatic ring is 1. The van der Waals surface area contributed by atoms with Crippen LogP contribution in [-0.4, -0.2) is 69.6 Å². The lowest BCUT2D eigenvalue weighted by Crippen LogP contribution is -2.24. The number of nitrogens with one attached hydrogen (secondary N) is 3. The molecule has 0 unspecified atom stereocenters. The van der Waals surface area contributed by atoms with E-state index in [0.29, 0.717) is 42.2 Å². The number of benzene rings is 2. The zero-order valence-electron chi connectivity index (χ0n) is 25.4. The third kappa shape index (κ3) is 14.4. The van der Waals surface area contributed by atoms with Gasteiger partial charge in [0.15, 0.2) is 0 Å². The summed E-state index contributed by atoms with van der Waals surface area (Å²) in [4.78, 5) is 37.7. The minimum absolute atomic E-state index is 0.222. The molecule has 0 heterocycles. The van der Waals surface area contributed by atoms with Crippen LogP contribution in [0.1, 0.15) is 36.7 Å². The number of allylic oxidation sites excluding steroid dienone is 3. The number of carbonyl (C=O) groups excluding carboxylic acids is 3. The quantitative estimate of drug-likeness (QED) is 0.168. The highest BCUT2D eigenvalue weighted by atomic mass is 16.5. The van der Waals surface area contributed by atoms with Gasteiger partial charge >= 0.3 is 6.09 Å². The summed E-state index contributed by atoms with van der Waals surface area (Å²) in [6, 6.07) is 14.4. The zero-order chi connectivity index (χ0) is 31.2. The highest BCUT2D eigenvalue weighted by Crippen LogP contribution is 2.19. The van der Waals surface area contributed by atoms with E-state index in [9.17, 15) is 14.4 Å². The Balaban J connectivity index is 0.00000113. The van der Waals surface area contributed by atoms with Crippen LogP contribution < -0.4 is 21.7 Å². The summed E-state index contributed by atoms with van der Waals surface area (Å²) < 4.78 is 4.71. The Morgan fingerprint density at radius 3 is 2.20 bits per heavy atom. The van der Waals surface area contributed by atoms with Crippen molar-refractivity contribution in [3.8, 4) is 0 Å². The van der Waals surface area contributed by atoms with Gasteiger partial charge in [-0.05, 0) is 63.0 Å². The number of likely N-dealkylation sites (N-methyl/N-ethyl adjacent to an activating group) is 2. The average molecular weight is 567 g/mol. The summed E-state index contributed by atoms with van der Waals surface area (Å²) in [5.41, 5.74) is 9.97. The van der Waals surface area contributed by atoms with E-state index in [-0.39, 0.29) is 12.0 Å². The van der Waals surface area contributed by atoms with Crippen molar-refractivity contribution in [3.05, 3.63) is 95.9 Å². The molecule has 2 aromatic carbocycles. The number of rotatable bonds is 12. The van der Waals surface area contributed by atoms with Crippen LogP contribution in [0, 0.1) is 0 Å². The fraction of sp³-hybridized carbons (Fsp3) is 0.323. The van der Waals surface area contributed by atoms with E-state index in [1.165, 1.54) is 7.05 Å². The van der Waals surface area contributed by atoms with Crippen LogP contribution in [-0.2, 0) is 16.1 Å². The lowest BCUT2D eigenvalue weighted by Gasteiger charge is -2.23. The van der Waals surface area contributed by atoms with Crippen LogP contribution in [0.3, 0.4) is 0 Å². The van der Waals surface area contributed by atoms with Crippen molar-refractivity contribution in [1.29, 1.82) is 0 Å². The molecule has 0 saturated heterocycles. The van der Waals surface area contributed by atoms with Crippen LogP contribution in [0.2, 0.25) is 0 Å². The van der Waals surface area contributed by atoms with Crippen LogP contribution in [0.25, 0.3) is 0 Å². The van der Waals surface area contributed by atoms with Crippen molar-refractivity contribution < 1.29 is 19.1 Å². The molecule has 10 nitrogen and oxygen atoms in total. The number of nitrogens with two attached hydrogens (primary N) is 1. The number of ether oxygens (including phenoxy) is 1. The molecular formula is C31H46N6O4. The molecule has 5 N–H and O–H groups in total.